The van der Waals surface area contributed by atoms with Gasteiger partial charge in [0.25, 0.3) is 5.56 Å². The minimum Gasteiger partial charge on any atom is -0.477 e. The first-order valence-electron chi connectivity index (χ1n) is 9.46. The number of carboxylic acid groups (broad SMARTS) is 1. The molecule has 3 aromatic rings. The summed E-state index contributed by atoms with van der Waals surface area (Å²) in [6, 6.07) is 10.1. The van der Waals surface area contributed by atoms with E-state index in [1.807, 2.05) is 34.9 Å². The molecule has 3 heterocycles. The molecule has 0 amide bonds. The van der Waals surface area contributed by atoms with Gasteiger partial charge in [-0.1, -0.05) is 30.3 Å². The van der Waals surface area contributed by atoms with E-state index < -0.39 is 5.97 Å². The lowest BCUT2D eigenvalue weighted by Crippen LogP contribution is -2.37. The van der Waals surface area contributed by atoms with Gasteiger partial charge in [0.05, 0.1) is 5.39 Å². The van der Waals surface area contributed by atoms with Crippen LogP contribution in [0.2, 0.25) is 0 Å². The molecule has 0 radical (unpaired) electrons. The molecule has 1 saturated heterocycles. The maximum atomic E-state index is 13.5. The normalized spacial score (nSPS) is 15.9. The Kier molecular flexibility index (Phi) is 5.03. The molecular formula is C21H23N3O3S. The molecule has 4 rings (SSSR count). The van der Waals surface area contributed by atoms with E-state index in [2.05, 4.69) is 11.9 Å². The largest absolute Gasteiger partial charge is 0.477 e. The van der Waals surface area contributed by atoms with E-state index in [-0.39, 0.29) is 16.5 Å². The number of benzene rings is 1. The van der Waals surface area contributed by atoms with Crippen LogP contribution >= 0.6 is 11.3 Å². The maximum absolute atomic E-state index is 13.5. The van der Waals surface area contributed by atoms with Crippen LogP contribution in [0.1, 0.15) is 45.5 Å². The van der Waals surface area contributed by atoms with Gasteiger partial charge in [0.15, 0.2) is 0 Å². The molecule has 0 unspecified atom stereocenters. The summed E-state index contributed by atoms with van der Waals surface area (Å²) in [5.41, 5.74) is 1.51. The lowest BCUT2D eigenvalue weighted by Gasteiger charge is -2.31. The average Bonchev–Trinajstić information content (AvgIpc) is 3.01. The molecule has 0 aliphatic carbocycles. The van der Waals surface area contributed by atoms with Gasteiger partial charge in [-0.3, -0.25) is 9.36 Å². The number of piperidine rings is 1. The molecule has 0 saturated carbocycles. The number of thiophene rings is 1. The highest BCUT2D eigenvalue weighted by molar-refractivity contribution is 7.20. The lowest BCUT2D eigenvalue weighted by atomic mass is 10.0. The monoisotopic (exact) mass is 397 g/mol. The van der Waals surface area contributed by atoms with Gasteiger partial charge < -0.3 is 10.0 Å². The Morgan fingerprint density at radius 2 is 1.93 bits per heavy atom. The van der Waals surface area contributed by atoms with Crippen molar-refractivity contribution < 1.29 is 9.90 Å². The van der Waals surface area contributed by atoms with Crippen molar-refractivity contribution in [1.82, 2.24) is 14.5 Å². The first-order chi connectivity index (χ1) is 13.5. The van der Waals surface area contributed by atoms with Crippen molar-refractivity contribution in [3.05, 3.63) is 62.5 Å². The summed E-state index contributed by atoms with van der Waals surface area (Å²) in [4.78, 5) is 32.9. The Hall–Kier alpha value is -2.51. The Labute approximate surface area is 167 Å². The summed E-state index contributed by atoms with van der Waals surface area (Å²) in [5, 5.41) is 9.93. The van der Waals surface area contributed by atoms with Gasteiger partial charge in [-0.25, -0.2) is 9.78 Å². The molecule has 1 aliphatic rings. The van der Waals surface area contributed by atoms with Crippen molar-refractivity contribution in [1.29, 1.82) is 0 Å². The highest BCUT2D eigenvalue weighted by Gasteiger charge is 2.26. The first kappa shape index (κ1) is 18.8. The fourth-order valence-electron chi connectivity index (χ4n) is 3.97. The van der Waals surface area contributed by atoms with Crippen molar-refractivity contribution in [2.45, 2.75) is 32.2 Å². The molecular weight excluding hydrogens is 374 g/mol. The molecule has 1 aromatic carbocycles. The number of carboxylic acids is 1. The summed E-state index contributed by atoms with van der Waals surface area (Å²) in [6.07, 6.45) is 2.33. The average molecular weight is 398 g/mol. The highest BCUT2D eigenvalue weighted by Crippen LogP contribution is 2.30. The number of carbonyl (C=O) groups is 1. The number of aromatic nitrogens is 2. The molecule has 7 heteroatoms. The Balaban J connectivity index is 1.90. The quantitative estimate of drug-likeness (QED) is 0.731. The van der Waals surface area contributed by atoms with E-state index in [9.17, 15) is 14.7 Å². The van der Waals surface area contributed by atoms with E-state index in [1.165, 1.54) is 0 Å². The summed E-state index contributed by atoms with van der Waals surface area (Å²) in [5.74, 6) is -0.285. The minimum absolute atomic E-state index is 0.0897. The molecule has 28 heavy (non-hydrogen) atoms. The summed E-state index contributed by atoms with van der Waals surface area (Å²) < 4.78 is 1.84. The van der Waals surface area contributed by atoms with Crippen LogP contribution in [-0.4, -0.2) is 45.7 Å². The number of aryl methyl sites for hydroxylation is 1. The number of aromatic carboxylic acids is 1. The Morgan fingerprint density at radius 3 is 2.57 bits per heavy atom. The maximum Gasteiger partial charge on any atom is 0.346 e. The first-order valence-corrected chi connectivity index (χ1v) is 10.3. The van der Waals surface area contributed by atoms with Crippen LogP contribution in [0.4, 0.5) is 0 Å². The van der Waals surface area contributed by atoms with Gasteiger partial charge in [-0.05, 0) is 51.0 Å². The van der Waals surface area contributed by atoms with Gasteiger partial charge in [-0.15, -0.1) is 11.3 Å². The fraction of sp³-hybridized carbons (Fsp3) is 0.381. The van der Waals surface area contributed by atoms with Crippen LogP contribution in [0.15, 0.2) is 35.1 Å². The zero-order valence-corrected chi connectivity index (χ0v) is 16.8. The number of hydrogen-bond acceptors (Lipinski definition) is 5. The molecule has 1 aliphatic heterocycles. The second kappa shape index (κ2) is 7.48. The van der Waals surface area contributed by atoms with Crippen LogP contribution in [0.25, 0.3) is 10.2 Å². The van der Waals surface area contributed by atoms with E-state index in [1.54, 1.807) is 6.92 Å². The number of fused-ring (bicyclic) bond motifs is 1. The Bertz CT molecular complexity index is 1080. The predicted molar refractivity (Wildman–Crippen MR) is 111 cm³/mol. The van der Waals surface area contributed by atoms with E-state index in [4.69, 9.17) is 4.98 Å². The molecule has 1 N–H and O–H groups in total. The van der Waals surface area contributed by atoms with Crippen molar-refractivity contribution in [2.75, 3.05) is 20.1 Å². The van der Waals surface area contributed by atoms with Crippen molar-refractivity contribution in [3.8, 4) is 0 Å². The number of hydrogen-bond donors (Lipinski definition) is 1. The summed E-state index contributed by atoms with van der Waals surface area (Å²) in [6.45, 7) is 3.58. The van der Waals surface area contributed by atoms with Crippen LogP contribution in [0.5, 0.6) is 0 Å². The van der Waals surface area contributed by atoms with Gasteiger partial charge >= 0.3 is 5.97 Å². The third-order valence-corrected chi connectivity index (χ3v) is 6.70. The van der Waals surface area contributed by atoms with E-state index in [0.29, 0.717) is 22.2 Å². The topological polar surface area (TPSA) is 75.4 Å². The summed E-state index contributed by atoms with van der Waals surface area (Å²) >= 11 is 1.09. The predicted octanol–water partition coefficient (Wildman–Crippen LogP) is 3.32. The fourth-order valence-corrected chi connectivity index (χ4v) is 5.00. The molecule has 1 fully saturated rings. The standard InChI is InChI=1S/C21H23N3O3S/c1-13-17-19(28-18(13)21(26)27)22-16(12-14-6-4-3-5-7-14)24(20(17)25)15-8-10-23(2)11-9-15/h3-7,15H,8-12H2,1-2H3,(H,26,27). The second-order valence-corrected chi connectivity index (χ2v) is 8.44. The molecule has 6 nitrogen and oxygen atoms in total. The molecule has 0 spiro atoms. The van der Waals surface area contributed by atoms with Crippen molar-refractivity contribution >= 4 is 27.5 Å². The lowest BCUT2D eigenvalue weighted by molar-refractivity contribution is 0.0701. The Morgan fingerprint density at radius 1 is 1.25 bits per heavy atom. The molecule has 0 bridgehead atoms. The molecule has 0 atom stereocenters. The minimum atomic E-state index is -1.00. The number of rotatable bonds is 4. The number of nitrogens with zero attached hydrogens (tertiary/aromatic N) is 3. The van der Waals surface area contributed by atoms with Crippen LogP contribution in [-0.2, 0) is 6.42 Å². The highest BCUT2D eigenvalue weighted by atomic mass is 32.1. The third-order valence-electron chi connectivity index (χ3n) is 5.52. The van der Waals surface area contributed by atoms with Gasteiger partial charge in [-0.2, -0.15) is 0 Å². The zero-order chi connectivity index (χ0) is 19.8. The van der Waals surface area contributed by atoms with Gasteiger partial charge in [0.2, 0.25) is 0 Å². The van der Waals surface area contributed by atoms with Crippen LogP contribution in [0.3, 0.4) is 0 Å². The van der Waals surface area contributed by atoms with Gasteiger partial charge in [0, 0.05) is 12.5 Å². The third kappa shape index (κ3) is 3.36. The van der Waals surface area contributed by atoms with Crippen LogP contribution in [0, 0.1) is 6.92 Å². The van der Waals surface area contributed by atoms with Crippen molar-refractivity contribution in [2.24, 2.45) is 0 Å². The summed E-state index contributed by atoms with van der Waals surface area (Å²) in [7, 11) is 2.09. The second-order valence-electron chi connectivity index (χ2n) is 7.44. The van der Waals surface area contributed by atoms with Crippen molar-refractivity contribution in [3.63, 3.8) is 0 Å². The molecule has 2 aromatic heterocycles. The smallest absolute Gasteiger partial charge is 0.346 e. The van der Waals surface area contributed by atoms with E-state index in [0.717, 1.165) is 48.7 Å². The number of likely N-dealkylation sites (tertiary alicyclic amines) is 1. The zero-order valence-electron chi connectivity index (χ0n) is 16.0. The molecule has 146 valence electrons. The van der Waals surface area contributed by atoms with Crippen LogP contribution < -0.4 is 5.56 Å². The van der Waals surface area contributed by atoms with Gasteiger partial charge in [0.1, 0.15) is 15.5 Å². The van der Waals surface area contributed by atoms with E-state index >= 15 is 0 Å². The SMILES string of the molecule is Cc1c(C(=O)O)sc2nc(Cc3ccccc3)n(C3CCN(C)CC3)c(=O)c12.